The van der Waals surface area contributed by atoms with Crippen LogP contribution in [0, 0.1) is 0 Å². The number of carbonyl (C=O) groups excluding carboxylic acids is 1. The molecule has 0 saturated carbocycles. The molecule has 1 saturated heterocycles. The Morgan fingerprint density at radius 1 is 1.54 bits per heavy atom. The summed E-state index contributed by atoms with van der Waals surface area (Å²) in [5, 5.41) is 27.2. The van der Waals surface area contributed by atoms with Gasteiger partial charge in [0.25, 0.3) is 0 Å². The number of rotatable bonds is 2. The quantitative estimate of drug-likeness (QED) is 0.437. The fourth-order valence-corrected chi connectivity index (χ4v) is 1.19. The Morgan fingerprint density at radius 2 is 2.15 bits per heavy atom. The van der Waals surface area contributed by atoms with Gasteiger partial charge in [-0.25, -0.2) is 0 Å². The maximum atomic E-state index is 10.5. The lowest BCUT2D eigenvalue weighted by molar-refractivity contribution is -0.170. The van der Waals surface area contributed by atoms with Crippen LogP contribution in [-0.2, 0) is 14.3 Å². The van der Waals surface area contributed by atoms with Gasteiger partial charge in [-0.15, -0.1) is 0 Å². The third kappa shape index (κ3) is 2.16. The van der Waals surface area contributed by atoms with Crippen LogP contribution in [0.25, 0.3) is 0 Å². The van der Waals surface area contributed by atoms with Gasteiger partial charge in [-0.1, -0.05) is 0 Å². The van der Waals surface area contributed by atoms with Crippen molar-refractivity contribution in [1.29, 1.82) is 0 Å². The number of aliphatic hydroxyl groups is 3. The molecular formula is C7H12O6. The van der Waals surface area contributed by atoms with Gasteiger partial charge in [-0.05, 0) is 0 Å². The van der Waals surface area contributed by atoms with E-state index in [1.807, 2.05) is 0 Å². The fraction of sp³-hybridized carbons (Fsp3) is 0.857. The predicted molar refractivity (Wildman–Crippen MR) is 39.5 cm³/mol. The maximum Gasteiger partial charge on any atom is 0.303 e. The Bertz CT molecular complexity index is 193. The lowest BCUT2D eigenvalue weighted by Crippen LogP contribution is -2.37. The molecule has 0 aromatic carbocycles. The summed E-state index contributed by atoms with van der Waals surface area (Å²) >= 11 is 0. The summed E-state index contributed by atoms with van der Waals surface area (Å²) < 4.78 is 9.31. The number of hydrogen-bond acceptors (Lipinski definition) is 6. The number of esters is 1. The highest BCUT2D eigenvalue weighted by atomic mass is 16.7. The van der Waals surface area contributed by atoms with Gasteiger partial charge in [-0.3, -0.25) is 4.79 Å². The van der Waals surface area contributed by atoms with Crippen LogP contribution in [0.1, 0.15) is 6.92 Å². The van der Waals surface area contributed by atoms with Crippen molar-refractivity contribution >= 4 is 5.97 Å². The SMILES string of the molecule is CC(=O)O[C@@H]1C(O)O[C@H](CO)C1O. The molecule has 2 unspecified atom stereocenters. The van der Waals surface area contributed by atoms with Crippen molar-refractivity contribution in [2.45, 2.75) is 31.5 Å². The van der Waals surface area contributed by atoms with E-state index in [1.54, 1.807) is 0 Å². The van der Waals surface area contributed by atoms with Gasteiger partial charge in [0.05, 0.1) is 6.61 Å². The zero-order valence-corrected chi connectivity index (χ0v) is 7.08. The van der Waals surface area contributed by atoms with Crippen LogP contribution in [0.3, 0.4) is 0 Å². The molecule has 6 nitrogen and oxygen atoms in total. The molecule has 76 valence electrons. The van der Waals surface area contributed by atoms with E-state index in [9.17, 15) is 9.90 Å². The minimum Gasteiger partial charge on any atom is -0.454 e. The Morgan fingerprint density at radius 3 is 2.54 bits per heavy atom. The number of ether oxygens (including phenoxy) is 2. The van der Waals surface area contributed by atoms with Crippen molar-refractivity contribution in [2.24, 2.45) is 0 Å². The summed E-state index contributed by atoms with van der Waals surface area (Å²) in [5.74, 6) is -0.620. The van der Waals surface area contributed by atoms with E-state index in [1.165, 1.54) is 0 Å². The normalized spacial score (nSPS) is 39.1. The maximum absolute atomic E-state index is 10.5. The van der Waals surface area contributed by atoms with Crippen LogP contribution < -0.4 is 0 Å². The number of hydrogen-bond donors (Lipinski definition) is 3. The van der Waals surface area contributed by atoms with Crippen LogP contribution >= 0.6 is 0 Å². The number of carbonyl (C=O) groups is 1. The van der Waals surface area contributed by atoms with E-state index in [2.05, 4.69) is 4.74 Å². The average molecular weight is 192 g/mol. The number of aliphatic hydroxyl groups excluding tert-OH is 3. The molecule has 3 N–H and O–H groups in total. The largest absolute Gasteiger partial charge is 0.454 e. The van der Waals surface area contributed by atoms with Crippen LogP contribution in [0.2, 0.25) is 0 Å². The topological polar surface area (TPSA) is 96.2 Å². The van der Waals surface area contributed by atoms with Crippen molar-refractivity contribution < 1.29 is 29.6 Å². The third-order valence-electron chi connectivity index (χ3n) is 1.79. The van der Waals surface area contributed by atoms with Crippen molar-refractivity contribution in [1.82, 2.24) is 0 Å². The average Bonchev–Trinajstić information content (AvgIpc) is 2.31. The van der Waals surface area contributed by atoms with Crippen molar-refractivity contribution in [3.05, 3.63) is 0 Å². The molecule has 13 heavy (non-hydrogen) atoms. The monoisotopic (exact) mass is 192 g/mol. The Labute approximate surface area is 74.7 Å². The van der Waals surface area contributed by atoms with Crippen LogP contribution in [-0.4, -0.2) is 52.5 Å². The second-order valence-corrected chi connectivity index (χ2v) is 2.81. The lowest BCUT2D eigenvalue weighted by Gasteiger charge is -2.16. The van der Waals surface area contributed by atoms with Gasteiger partial charge in [0.15, 0.2) is 12.4 Å². The summed E-state index contributed by atoms with van der Waals surface area (Å²) in [6, 6.07) is 0. The minimum absolute atomic E-state index is 0.435. The van der Waals surface area contributed by atoms with Gasteiger partial charge in [0, 0.05) is 6.92 Å². The summed E-state index contributed by atoms with van der Waals surface area (Å²) in [5.41, 5.74) is 0. The molecule has 1 fully saturated rings. The first-order valence-corrected chi connectivity index (χ1v) is 3.86. The molecule has 0 aliphatic carbocycles. The molecule has 1 aliphatic heterocycles. The van der Waals surface area contributed by atoms with E-state index in [4.69, 9.17) is 14.9 Å². The van der Waals surface area contributed by atoms with Crippen molar-refractivity contribution in [3.63, 3.8) is 0 Å². The zero-order chi connectivity index (χ0) is 10.0. The van der Waals surface area contributed by atoms with Gasteiger partial charge in [0.1, 0.15) is 12.2 Å². The fourth-order valence-electron chi connectivity index (χ4n) is 1.19. The molecule has 4 atom stereocenters. The summed E-state index contributed by atoms with van der Waals surface area (Å²) in [6.07, 6.45) is -4.59. The first-order valence-electron chi connectivity index (χ1n) is 3.86. The van der Waals surface area contributed by atoms with E-state index in [-0.39, 0.29) is 0 Å². The molecule has 0 aromatic rings. The second kappa shape index (κ2) is 4.01. The highest BCUT2D eigenvalue weighted by Crippen LogP contribution is 2.22. The molecule has 6 heteroatoms. The van der Waals surface area contributed by atoms with Crippen LogP contribution in [0.4, 0.5) is 0 Å². The van der Waals surface area contributed by atoms with E-state index >= 15 is 0 Å². The first-order chi connectivity index (χ1) is 6.06. The van der Waals surface area contributed by atoms with Gasteiger partial charge in [-0.2, -0.15) is 0 Å². The van der Waals surface area contributed by atoms with E-state index in [0.717, 1.165) is 6.92 Å². The van der Waals surface area contributed by atoms with Gasteiger partial charge in [0.2, 0.25) is 0 Å². The van der Waals surface area contributed by atoms with Gasteiger partial charge >= 0.3 is 5.97 Å². The standard InChI is InChI=1S/C7H12O6/c1-3(9)12-6-5(10)4(2-8)13-7(6)11/h4-8,10-11H,2H2,1H3/t4-,5?,6+,7?/m1/s1. The Kier molecular flexibility index (Phi) is 3.21. The zero-order valence-electron chi connectivity index (χ0n) is 7.08. The third-order valence-corrected chi connectivity index (χ3v) is 1.79. The molecule has 0 aromatic heterocycles. The molecule has 0 amide bonds. The van der Waals surface area contributed by atoms with E-state index in [0.29, 0.717) is 0 Å². The smallest absolute Gasteiger partial charge is 0.303 e. The molecule has 1 aliphatic rings. The van der Waals surface area contributed by atoms with Crippen molar-refractivity contribution in [2.75, 3.05) is 6.61 Å². The highest BCUT2D eigenvalue weighted by Gasteiger charge is 2.44. The minimum atomic E-state index is -1.38. The highest BCUT2D eigenvalue weighted by molar-refractivity contribution is 5.66. The Balaban J connectivity index is 2.58. The molecule has 0 spiro atoms. The molecule has 0 bridgehead atoms. The molecular weight excluding hydrogens is 180 g/mol. The van der Waals surface area contributed by atoms with Gasteiger partial charge < -0.3 is 24.8 Å². The van der Waals surface area contributed by atoms with Crippen LogP contribution in [0.5, 0.6) is 0 Å². The first kappa shape index (κ1) is 10.4. The summed E-state index contributed by atoms with van der Waals surface area (Å²) in [4.78, 5) is 10.5. The second-order valence-electron chi connectivity index (χ2n) is 2.81. The van der Waals surface area contributed by atoms with Crippen LogP contribution in [0.15, 0.2) is 0 Å². The summed E-state index contributed by atoms with van der Waals surface area (Å²) in [7, 11) is 0. The molecule has 0 radical (unpaired) electrons. The van der Waals surface area contributed by atoms with E-state index < -0.39 is 37.2 Å². The predicted octanol–water partition coefficient (Wildman–Crippen LogP) is -2.01. The lowest BCUT2D eigenvalue weighted by atomic mass is 10.1. The Hall–Kier alpha value is -0.690. The molecule has 1 heterocycles. The van der Waals surface area contributed by atoms with Crippen molar-refractivity contribution in [3.8, 4) is 0 Å². The summed E-state index contributed by atoms with van der Waals surface area (Å²) in [6.45, 7) is 0.724. The molecule has 1 rings (SSSR count).